The Kier molecular flexibility index (Phi) is 4.21. The molecule has 3 aliphatic rings. The minimum absolute atomic E-state index is 0.368. The smallest absolute Gasteiger partial charge is 0.198 e. The van der Waals surface area contributed by atoms with Crippen molar-refractivity contribution in [3.8, 4) is 0 Å². The average Bonchev–Trinajstić information content (AvgIpc) is 2.78. The maximum Gasteiger partial charge on any atom is 0.198 e. The molecule has 0 fully saturated rings. The van der Waals surface area contributed by atoms with Crippen LogP contribution in [0.3, 0.4) is 0 Å². The van der Waals surface area contributed by atoms with Crippen LogP contribution in [0.2, 0.25) is 0 Å². The zero-order chi connectivity index (χ0) is 21.4. The molecule has 31 heavy (non-hydrogen) atoms. The number of aliphatic hydroxyl groups excluding tert-OH is 1. The molecule has 0 radical (unpaired) electrons. The first-order valence-corrected chi connectivity index (χ1v) is 11.0. The van der Waals surface area contributed by atoms with Gasteiger partial charge in [-0.2, -0.15) is 0 Å². The molecule has 0 spiro atoms. The van der Waals surface area contributed by atoms with E-state index in [9.17, 15) is 5.11 Å². The molecule has 7 rings (SSSR count). The number of aliphatic hydroxyl groups is 1. The summed E-state index contributed by atoms with van der Waals surface area (Å²) in [5, 5.41) is 11.4. The van der Waals surface area contributed by atoms with Crippen LogP contribution in [0, 0.1) is 0 Å². The molecule has 2 unspecified atom stereocenters. The van der Waals surface area contributed by atoms with Crippen LogP contribution in [-0.2, 0) is 9.47 Å². The summed E-state index contributed by atoms with van der Waals surface area (Å²) < 4.78 is 11.7. The minimum Gasteiger partial charge on any atom is -0.371 e. The van der Waals surface area contributed by atoms with Crippen molar-refractivity contribution in [1.82, 2.24) is 0 Å². The van der Waals surface area contributed by atoms with Gasteiger partial charge in [0.1, 0.15) is 6.79 Å². The second-order valence-corrected chi connectivity index (χ2v) is 9.41. The van der Waals surface area contributed by atoms with E-state index in [1.807, 2.05) is 24.3 Å². The van der Waals surface area contributed by atoms with Gasteiger partial charge in [-0.1, -0.05) is 96.0 Å². The average molecular weight is 451 g/mol. The highest BCUT2D eigenvalue weighted by atomic mass is 35.5. The summed E-state index contributed by atoms with van der Waals surface area (Å²) in [6.45, 7) is -0.559. The SMILES string of the molecule is COC1(Cl)C2c3cc4ccccc4cc3C(c3cc4ccccc4cc32)C1(Cl)OCO. The van der Waals surface area contributed by atoms with Crippen LogP contribution in [0.5, 0.6) is 0 Å². The van der Waals surface area contributed by atoms with Crippen molar-refractivity contribution in [1.29, 1.82) is 0 Å². The highest BCUT2D eigenvalue weighted by Crippen LogP contribution is 2.67. The largest absolute Gasteiger partial charge is 0.371 e. The number of alkyl halides is 2. The molecular formula is C26H20Cl2O3. The first kappa shape index (κ1) is 19.5. The van der Waals surface area contributed by atoms with Gasteiger partial charge in [0.2, 0.25) is 0 Å². The predicted octanol–water partition coefficient (Wildman–Crippen LogP) is 6.07. The van der Waals surface area contributed by atoms with Gasteiger partial charge in [0, 0.05) is 7.11 Å². The minimum atomic E-state index is -1.48. The predicted molar refractivity (Wildman–Crippen MR) is 124 cm³/mol. The summed E-state index contributed by atoms with van der Waals surface area (Å²) in [6.07, 6.45) is 0. The third-order valence-electron chi connectivity index (χ3n) is 6.93. The lowest BCUT2D eigenvalue weighted by atomic mass is 9.59. The van der Waals surface area contributed by atoms with Crippen LogP contribution >= 0.6 is 23.2 Å². The standard InChI is InChI=1S/C26H20Cl2O3/c1-30-25(27)23-19-10-15-6-2-4-8-17(15)12-21(19)24(26(25,28)31-14-29)22-13-18-9-5-3-7-16(18)11-20(22)23/h2-13,23-24,29H,14H2,1H3. The van der Waals surface area contributed by atoms with E-state index in [2.05, 4.69) is 48.5 Å². The molecule has 0 saturated carbocycles. The van der Waals surface area contributed by atoms with E-state index < -0.39 is 22.8 Å². The van der Waals surface area contributed by atoms with Crippen LogP contribution in [0.1, 0.15) is 34.1 Å². The van der Waals surface area contributed by atoms with E-state index in [1.54, 1.807) is 7.11 Å². The molecule has 3 nitrogen and oxygen atoms in total. The van der Waals surface area contributed by atoms with E-state index in [-0.39, 0.29) is 5.92 Å². The Labute approximate surface area is 190 Å². The summed E-state index contributed by atoms with van der Waals surface area (Å²) in [6, 6.07) is 25.2. The van der Waals surface area contributed by atoms with E-state index in [0.29, 0.717) is 0 Å². The number of benzene rings is 4. The molecule has 156 valence electrons. The Morgan fingerprint density at radius 3 is 1.39 bits per heavy atom. The Morgan fingerprint density at radius 1 is 0.710 bits per heavy atom. The second kappa shape index (κ2) is 6.68. The Morgan fingerprint density at radius 2 is 1.06 bits per heavy atom. The molecule has 2 atom stereocenters. The zero-order valence-corrected chi connectivity index (χ0v) is 18.3. The number of hydrogen-bond donors (Lipinski definition) is 1. The topological polar surface area (TPSA) is 38.7 Å². The third-order valence-corrected chi connectivity index (χ3v) is 8.28. The van der Waals surface area contributed by atoms with Gasteiger partial charge in [0.15, 0.2) is 10.1 Å². The maximum atomic E-state index is 9.76. The summed E-state index contributed by atoms with van der Waals surface area (Å²) >= 11 is 14.4. The van der Waals surface area contributed by atoms with Crippen LogP contribution in [-0.4, -0.2) is 29.1 Å². The van der Waals surface area contributed by atoms with Crippen molar-refractivity contribution in [3.05, 3.63) is 95.1 Å². The Balaban J connectivity index is 1.75. The molecule has 4 aromatic rings. The molecule has 5 heteroatoms. The van der Waals surface area contributed by atoms with E-state index in [4.69, 9.17) is 32.7 Å². The fourth-order valence-corrected chi connectivity index (χ4v) is 6.48. The molecule has 0 aromatic heterocycles. The second-order valence-electron chi connectivity index (χ2n) is 8.29. The number of ether oxygens (including phenoxy) is 2. The van der Waals surface area contributed by atoms with E-state index in [0.717, 1.165) is 43.8 Å². The monoisotopic (exact) mass is 450 g/mol. The van der Waals surface area contributed by atoms with Gasteiger partial charge in [-0.25, -0.2) is 0 Å². The van der Waals surface area contributed by atoms with Gasteiger partial charge >= 0.3 is 0 Å². The fourth-order valence-electron chi connectivity index (χ4n) is 5.61. The molecule has 2 bridgehead atoms. The van der Waals surface area contributed by atoms with Gasteiger partial charge in [-0.05, 0) is 43.8 Å². The molecular weight excluding hydrogens is 431 g/mol. The molecule has 0 heterocycles. The summed E-state index contributed by atoms with van der Waals surface area (Å²) in [5.74, 6) is -0.782. The molecule has 0 aliphatic heterocycles. The Hall–Kier alpha value is -2.14. The number of methoxy groups -OCH3 is 1. The van der Waals surface area contributed by atoms with Crippen molar-refractivity contribution < 1.29 is 14.6 Å². The van der Waals surface area contributed by atoms with Crippen LogP contribution in [0.25, 0.3) is 21.5 Å². The lowest BCUT2D eigenvalue weighted by Crippen LogP contribution is -2.63. The molecule has 0 amide bonds. The van der Waals surface area contributed by atoms with Gasteiger partial charge in [-0.3, -0.25) is 0 Å². The van der Waals surface area contributed by atoms with E-state index in [1.165, 1.54) is 0 Å². The summed E-state index contributed by atoms with van der Waals surface area (Å²) in [4.78, 5) is 0. The number of rotatable bonds is 3. The third kappa shape index (κ3) is 2.41. The number of halogens is 2. The normalized spacial score (nSPS) is 28.6. The van der Waals surface area contributed by atoms with Crippen molar-refractivity contribution in [2.45, 2.75) is 22.0 Å². The first-order chi connectivity index (χ1) is 15.0. The van der Waals surface area contributed by atoms with Gasteiger partial charge in [0.05, 0.1) is 11.8 Å². The van der Waals surface area contributed by atoms with Crippen LogP contribution in [0.15, 0.2) is 72.8 Å². The lowest BCUT2D eigenvalue weighted by Gasteiger charge is -2.58. The van der Waals surface area contributed by atoms with Crippen LogP contribution < -0.4 is 0 Å². The van der Waals surface area contributed by atoms with Crippen molar-refractivity contribution >= 4 is 44.7 Å². The molecule has 1 N–H and O–H groups in total. The summed E-state index contributed by atoms with van der Waals surface area (Å²) in [5.41, 5.74) is 4.29. The van der Waals surface area contributed by atoms with E-state index >= 15 is 0 Å². The fraction of sp³-hybridized carbons (Fsp3) is 0.231. The van der Waals surface area contributed by atoms with Gasteiger partial charge in [-0.15, -0.1) is 0 Å². The number of fused-ring (bicyclic) bond motifs is 3. The van der Waals surface area contributed by atoms with Gasteiger partial charge < -0.3 is 14.6 Å². The number of hydrogen-bond acceptors (Lipinski definition) is 3. The quantitative estimate of drug-likeness (QED) is 0.304. The zero-order valence-electron chi connectivity index (χ0n) is 16.8. The molecule has 0 saturated heterocycles. The molecule has 4 aromatic carbocycles. The van der Waals surface area contributed by atoms with Crippen molar-refractivity contribution in [2.75, 3.05) is 13.9 Å². The highest BCUT2D eigenvalue weighted by molar-refractivity contribution is 6.35. The van der Waals surface area contributed by atoms with Gasteiger partial charge in [0.25, 0.3) is 0 Å². The maximum absolute atomic E-state index is 9.76. The summed E-state index contributed by atoms with van der Waals surface area (Å²) in [7, 11) is 1.55. The Bertz CT molecular complexity index is 1270. The van der Waals surface area contributed by atoms with Crippen molar-refractivity contribution in [3.63, 3.8) is 0 Å². The lowest BCUT2D eigenvalue weighted by molar-refractivity contribution is -0.170. The highest BCUT2D eigenvalue weighted by Gasteiger charge is 2.69. The van der Waals surface area contributed by atoms with Crippen molar-refractivity contribution in [2.24, 2.45) is 0 Å². The molecule has 3 aliphatic carbocycles. The first-order valence-electron chi connectivity index (χ1n) is 10.2. The van der Waals surface area contributed by atoms with Crippen LogP contribution in [0.4, 0.5) is 0 Å².